The number of nitrogens with zero attached hydrogens (tertiary/aromatic N) is 4. The van der Waals surface area contributed by atoms with Crippen LogP contribution >= 0.6 is 0 Å². The highest BCUT2D eigenvalue weighted by atomic mass is 16.5. The summed E-state index contributed by atoms with van der Waals surface area (Å²) in [4.78, 5) is 11.2. The molecule has 2 aromatic heterocycles. The van der Waals surface area contributed by atoms with Crippen LogP contribution in [-0.2, 0) is 6.54 Å². The molecular formula is C20H23N5O. The second-order valence-corrected chi connectivity index (χ2v) is 6.87. The van der Waals surface area contributed by atoms with E-state index >= 15 is 0 Å². The van der Waals surface area contributed by atoms with Crippen molar-refractivity contribution in [3.05, 3.63) is 60.1 Å². The molecule has 6 nitrogen and oxygen atoms in total. The summed E-state index contributed by atoms with van der Waals surface area (Å²) < 4.78 is 5.46. The summed E-state index contributed by atoms with van der Waals surface area (Å²) in [6.07, 6.45) is 2.98. The first-order valence-corrected chi connectivity index (χ1v) is 9.03. The van der Waals surface area contributed by atoms with Gasteiger partial charge in [0.25, 0.3) is 0 Å². The van der Waals surface area contributed by atoms with E-state index in [0.29, 0.717) is 24.2 Å². The highest BCUT2D eigenvalue weighted by Crippen LogP contribution is 2.21. The third-order valence-electron chi connectivity index (χ3n) is 4.71. The van der Waals surface area contributed by atoms with Crippen molar-refractivity contribution < 1.29 is 4.52 Å². The molecule has 134 valence electrons. The van der Waals surface area contributed by atoms with Gasteiger partial charge in [0.2, 0.25) is 11.7 Å². The predicted molar refractivity (Wildman–Crippen MR) is 101 cm³/mol. The molecule has 1 N–H and O–H groups in total. The minimum absolute atomic E-state index is 0.608. The molecule has 1 aliphatic rings. The highest BCUT2D eigenvalue weighted by molar-refractivity contribution is 5.55. The van der Waals surface area contributed by atoms with Crippen molar-refractivity contribution in [3.63, 3.8) is 0 Å². The third-order valence-corrected chi connectivity index (χ3v) is 4.71. The minimum Gasteiger partial charge on any atom is -0.370 e. The van der Waals surface area contributed by atoms with Crippen molar-refractivity contribution in [2.24, 2.45) is 5.92 Å². The Morgan fingerprint density at radius 1 is 1.23 bits per heavy atom. The average Bonchev–Trinajstić information content (AvgIpc) is 3.31. The smallest absolute Gasteiger partial charge is 0.241 e. The fourth-order valence-corrected chi connectivity index (χ4v) is 3.35. The van der Waals surface area contributed by atoms with E-state index in [1.807, 2.05) is 36.5 Å². The van der Waals surface area contributed by atoms with Gasteiger partial charge >= 0.3 is 0 Å². The fourth-order valence-electron chi connectivity index (χ4n) is 3.35. The van der Waals surface area contributed by atoms with E-state index in [-0.39, 0.29) is 0 Å². The van der Waals surface area contributed by atoms with Crippen molar-refractivity contribution in [2.75, 3.05) is 25.0 Å². The molecule has 0 aliphatic carbocycles. The first kappa shape index (κ1) is 16.7. The van der Waals surface area contributed by atoms with Gasteiger partial charge in [0.05, 0.1) is 6.54 Å². The Labute approximate surface area is 153 Å². The normalized spacial score (nSPS) is 17.5. The number of hydrogen-bond acceptors (Lipinski definition) is 6. The molecule has 6 heteroatoms. The first-order valence-electron chi connectivity index (χ1n) is 9.03. The summed E-state index contributed by atoms with van der Waals surface area (Å²) in [7, 11) is 0. The summed E-state index contributed by atoms with van der Waals surface area (Å²) in [5.41, 5.74) is 2.19. The maximum atomic E-state index is 5.46. The molecule has 1 saturated heterocycles. The Morgan fingerprint density at radius 2 is 2.19 bits per heavy atom. The minimum atomic E-state index is 0.608. The zero-order valence-electron chi connectivity index (χ0n) is 14.9. The predicted octanol–water partition coefficient (Wildman–Crippen LogP) is 3.37. The topological polar surface area (TPSA) is 67.1 Å². The van der Waals surface area contributed by atoms with Gasteiger partial charge in [-0.3, -0.25) is 4.90 Å². The number of anilines is 1. The Bertz CT molecular complexity index is 848. The molecule has 26 heavy (non-hydrogen) atoms. The number of benzene rings is 1. The number of rotatable bonds is 6. The number of likely N-dealkylation sites (tertiary alicyclic amines) is 1. The second kappa shape index (κ2) is 7.66. The van der Waals surface area contributed by atoms with Gasteiger partial charge in [0.1, 0.15) is 5.82 Å². The molecule has 3 heterocycles. The van der Waals surface area contributed by atoms with E-state index < -0.39 is 0 Å². The lowest BCUT2D eigenvalue weighted by atomic mass is 10.1. The van der Waals surface area contributed by atoms with Crippen LogP contribution in [0.25, 0.3) is 11.4 Å². The van der Waals surface area contributed by atoms with Crippen LogP contribution in [0.2, 0.25) is 0 Å². The Kier molecular flexibility index (Phi) is 4.93. The Hall–Kier alpha value is -2.73. The van der Waals surface area contributed by atoms with E-state index in [9.17, 15) is 0 Å². The van der Waals surface area contributed by atoms with Crippen molar-refractivity contribution in [3.8, 4) is 11.4 Å². The molecule has 1 atom stereocenters. The molecule has 0 amide bonds. The van der Waals surface area contributed by atoms with Gasteiger partial charge in [-0.15, -0.1) is 0 Å². The lowest BCUT2D eigenvalue weighted by molar-refractivity contribution is 0.261. The number of hydrogen-bond donors (Lipinski definition) is 1. The van der Waals surface area contributed by atoms with Gasteiger partial charge in [0, 0.05) is 24.8 Å². The average molecular weight is 349 g/mol. The second-order valence-electron chi connectivity index (χ2n) is 6.87. The van der Waals surface area contributed by atoms with Gasteiger partial charge in [0.15, 0.2) is 0 Å². The van der Waals surface area contributed by atoms with Crippen molar-refractivity contribution in [2.45, 2.75) is 19.9 Å². The molecule has 3 aromatic rings. The monoisotopic (exact) mass is 349 g/mol. The molecule has 4 rings (SSSR count). The van der Waals surface area contributed by atoms with Crippen LogP contribution in [0, 0.1) is 12.8 Å². The fraction of sp³-hybridized carbons (Fsp3) is 0.350. The van der Waals surface area contributed by atoms with E-state index in [4.69, 9.17) is 4.52 Å². The van der Waals surface area contributed by atoms with Gasteiger partial charge in [-0.05, 0) is 44.0 Å². The summed E-state index contributed by atoms with van der Waals surface area (Å²) in [6.45, 7) is 5.79. The number of pyridine rings is 1. The van der Waals surface area contributed by atoms with Crippen LogP contribution < -0.4 is 5.32 Å². The van der Waals surface area contributed by atoms with Gasteiger partial charge in [-0.2, -0.15) is 4.98 Å². The molecule has 1 aliphatic heterocycles. The summed E-state index contributed by atoms with van der Waals surface area (Å²) in [6, 6.07) is 14.1. The van der Waals surface area contributed by atoms with Gasteiger partial charge < -0.3 is 9.84 Å². The molecule has 0 unspecified atom stereocenters. The molecule has 1 aromatic carbocycles. The summed E-state index contributed by atoms with van der Waals surface area (Å²) >= 11 is 0. The lowest BCUT2D eigenvalue weighted by Gasteiger charge is -2.14. The van der Waals surface area contributed by atoms with Crippen LogP contribution in [-0.4, -0.2) is 39.7 Å². The van der Waals surface area contributed by atoms with Crippen molar-refractivity contribution in [1.82, 2.24) is 20.0 Å². The molecule has 0 spiro atoms. The standard InChI is InChI=1S/C20H23N5O/c1-15-5-4-6-17(11-15)20-23-19(26-24-20)14-25-10-8-16(13-25)12-22-18-7-2-3-9-21-18/h2-7,9,11,16H,8,10,12-14H2,1H3,(H,21,22)/t16-/m1/s1. The number of aromatic nitrogens is 3. The van der Waals surface area contributed by atoms with Crippen LogP contribution in [0.3, 0.4) is 0 Å². The zero-order chi connectivity index (χ0) is 17.8. The highest BCUT2D eigenvalue weighted by Gasteiger charge is 2.24. The maximum Gasteiger partial charge on any atom is 0.241 e. The Balaban J connectivity index is 1.30. The summed E-state index contributed by atoms with van der Waals surface area (Å²) in [5, 5.41) is 7.54. The van der Waals surface area contributed by atoms with E-state index in [1.54, 1.807) is 0 Å². The first-order chi connectivity index (χ1) is 12.8. The van der Waals surface area contributed by atoms with E-state index in [0.717, 1.165) is 31.0 Å². The van der Waals surface area contributed by atoms with Crippen LogP contribution in [0.4, 0.5) is 5.82 Å². The largest absolute Gasteiger partial charge is 0.370 e. The van der Waals surface area contributed by atoms with Crippen LogP contribution in [0.1, 0.15) is 17.9 Å². The number of nitrogens with one attached hydrogen (secondary N) is 1. The van der Waals surface area contributed by atoms with Crippen molar-refractivity contribution in [1.29, 1.82) is 0 Å². The molecule has 0 radical (unpaired) electrons. The van der Waals surface area contributed by atoms with Crippen LogP contribution in [0.5, 0.6) is 0 Å². The van der Waals surface area contributed by atoms with E-state index in [2.05, 4.69) is 44.4 Å². The SMILES string of the molecule is Cc1cccc(-c2noc(CN3CC[C@H](CNc4ccccn4)C3)n2)c1. The molecule has 0 saturated carbocycles. The van der Waals surface area contributed by atoms with Crippen LogP contribution in [0.15, 0.2) is 53.2 Å². The maximum absolute atomic E-state index is 5.46. The molecule has 0 bridgehead atoms. The van der Waals surface area contributed by atoms with E-state index in [1.165, 1.54) is 12.0 Å². The molecular weight excluding hydrogens is 326 g/mol. The Morgan fingerprint density at radius 3 is 3.04 bits per heavy atom. The number of aryl methyl sites for hydroxylation is 1. The quantitative estimate of drug-likeness (QED) is 0.736. The lowest BCUT2D eigenvalue weighted by Crippen LogP contribution is -2.23. The third kappa shape index (κ3) is 4.08. The molecule has 1 fully saturated rings. The van der Waals surface area contributed by atoms with Crippen molar-refractivity contribution >= 4 is 5.82 Å². The summed E-state index contributed by atoms with van der Waals surface area (Å²) in [5.74, 6) is 2.89. The van der Waals surface area contributed by atoms with Gasteiger partial charge in [-0.25, -0.2) is 4.98 Å². The zero-order valence-corrected chi connectivity index (χ0v) is 14.9. The van der Waals surface area contributed by atoms with Gasteiger partial charge in [-0.1, -0.05) is 35.0 Å².